The van der Waals surface area contributed by atoms with Gasteiger partial charge >= 0.3 is 0 Å². The van der Waals surface area contributed by atoms with Crippen molar-refractivity contribution in [1.82, 2.24) is 0 Å². The van der Waals surface area contributed by atoms with E-state index in [0.717, 1.165) is 24.2 Å². The summed E-state index contributed by atoms with van der Waals surface area (Å²) in [7, 11) is 1.67. The molecule has 0 heterocycles. The van der Waals surface area contributed by atoms with E-state index in [4.69, 9.17) is 4.74 Å². The topological polar surface area (TPSA) is 29.5 Å². The van der Waals surface area contributed by atoms with Gasteiger partial charge < -0.3 is 9.84 Å². The molecule has 0 aliphatic carbocycles. The summed E-state index contributed by atoms with van der Waals surface area (Å²) in [6.45, 7) is 6.27. The van der Waals surface area contributed by atoms with E-state index in [-0.39, 0.29) is 0 Å². The predicted molar refractivity (Wildman–Crippen MR) is 86.9 cm³/mol. The van der Waals surface area contributed by atoms with E-state index in [0.29, 0.717) is 0 Å². The molecule has 0 fully saturated rings. The molecule has 21 heavy (non-hydrogen) atoms. The Morgan fingerprint density at radius 2 is 1.57 bits per heavy atom. The zero-order chi connectivity index (χ0) is 15.4. The highest BCUT2D eigenvalue weighted by molar-refractivity contribution is 5.37. The van der Waals surface area contributed by atoms with E-state index in [9.17, 15) is 5.11 Å². The minimum atomic E-state index is -0.411. The van der Waals surface area contributed by atoms with Gasteiger partial charge in [0.25, 0.3) is 0 Å². The van der Waals surface area contributed by atoms with Crippen LogP contribution in [-0.4, -0.2) is 12.2 Å². The van der Waals surface area contributed by atoms with Gasteiger partial charge in [0.1, 0.15) is 5.75 Å². The summed E-state index contributed by atoms with van der Waals surface area (Å²) < 4.78 is 5.15. The minimum Gasteiger partial charge on any atom is -0.497 e. The van der Waals surface area contributed by atoms with Crippen LogP contribution in [0.5, 0.6) is 5.75 Å². The van der Waals surface area contributed by atoms with Gasteiger partial charge in [0, 0.05) is 0 Å². The van der Waals surface area contributed by atoms with E-state index >= 15 is 0 Å². The Morgan fingerprint density at radius 3 is 2.19 bits per heavy atom. The second-order valence-electron chi connectivity index (χ2n) is 5.70. The summed E-state index contributed by atoms with van der Waals surface area (Å²) in [4.78, 5) is 0. The highest BCUT2D eigenvalue weighted by Gasteiger charge is 2.12. The van der Waals surface area contributed by atoms with Crippen LogP contribution in [0.3, 0.4) is 0 Å². The molecule has 2 heteroatoms. The van der Waals surface area contributed by atoms with Crippen LogP contribution in [0, 0.1) is 20.8 Å². The van der Waals surface area contributed by atoms with Crippen LogP contribution in [0.2, 0.25) is 0 Å². The summed E-state index contributed by atoms with van der Waals surface area (Å²) in [6.07, 6.45) is 1.18. The van der Waals surface area contributed by atoms with Gasteiger partial charge in [0.15, 0.2) is 0 Å². The largest absolute Gasteiger partial charge is 0.497 e. The Bertz CT molecular complexity index is 600. The van der Waals surface area contributed by atoms with Crippen molar-refractivity contribution in [1.29, 1.82) is 0 Å². The quantitative estimate of drug-likeness (QED) is 0.887. The first-order chi connectivity index (χ1) is 10.0. The van der Waals surface area contributed by atoms with Gasteiger partial charge in [-0.1, -0.05) is 24.3 Å². The number of aryl methyl sites for hydroxylation is 4. The lowest BCUT2D eigenvalue weighted by molar-refractivity contribution is 0.167. The third kappa shape index (κ3) is 3.85. The van der Waals surface area contributed by atoms with Crippen molar-refractivity contribution in [2.45, 2.75) is 39.7 Å². The average molecular weight is 284 g/mol. The monoisotopic (exact) mass is 284 g/mol. The van der Waals surface area contributed by atoms with Gasteiger partial charge in [0.05, 0.1) is 13.2 Å². The van der Waals surface area contributed by atoms with Crippen LogP contribution in [0.4, 0.5) is 0 Å². The summed E-state index contributed by atoms with van der Waals surface area (Å²) in [5.74, 6) is 0.865. The molecule has 112 valence electrons. The Kier molecular flexibility index (Phi) is 5.03. The maximum Gasteiger partial charge on any atom is 0.118 e. The molecule has 2 aromatic carbocycles. The Hall–Kier alpha value is -1.80. The number of ether oxygens (including phenoxy) is 1. The molecule has 0 saturated carbocycles. The third-order valence-corrected chi connectivity index (χ3v) is 4.11. The van der Waals surface area contributed by atoms with Crippen LogP contribution in [0.25, 0.3) is 0 Å². The molecule has 1 unspecified atom stereocenters. The van der Waals surface area contributed by atoms with Crippen LogP contribution < -0.4 is 4.74 Å². The van der Waals surface area contributed by atoms with Gasteiger partial charge in [-0.25, -0.2) is 0 Å². The molecule has 0 aliphatic heterocycles. The van der Waals surface area contributed by atoms with Crippen LogP contribution in [0.1, 0.15) is 40.3 Å². The van der Waals surface area contributed by atoms with Crippen LogP contribution >= 0.6 is 0 Å². The van der Waals surface area contributed by atoms with Gasteiger partial charge in [-0.2, -0.15) is 0 Å². The molecular weight excluding hydrogens is 260 g/mol. The van der Waals surface area contributed by atoms with E-state index in [1.165, 1.54) is 22.3 Å². The third-order valence-electron chi connectivity index (χ3n) is 4.11. The Labute approximate surface area is 127 Å². The fraction of sp³-hybridized carbons (Fsp3) is 0.368. The second kappa shape index (κ2) is 6.77. The molecule has 2 aromatic rings. The van der Waals surface area contributed by atoms with Crippen molar-refractivity contribution in [3.8, 4) is 5.75 Å². The lowest BCUT2D eigenvalue weighted by atomic mass is 9.94. The van der Waals surface area contributed by atoms with Gasteiger partial charge in [-0.05, 0) is 73.6 Å². The van der Waals surface area contributed by atoms with Crippen molar-refractivity contribution >= 4 is 0 Å². The zero-order valence-electron chi connectivity index (χ0n) is 13.3. The zero-order valence-corrected chi connectivity index (χ0v) is 13.3. The van der Waals surface area contributed by atoms with Crippen molar-refractivity contribution < 1.29 is 9.84 Å². The number of aliphatic hydroxyl groups is 1. The minimum absolute atomic E-state index is 0.411. The molecule has 1 N–H and O–H groups in total. The number of methoxy groups -OCH3 is 1. The van der Waals surface area contributed by atoms with Crippen LogP contribution in [0.15, 0.2) is 36.4 Å². The molecule has 0 saturated heterocycles. The molecule has 0 amide bonds. The van der Waals surface area contributed by atoms with Crippen molar-refractivity contribution in [2.75, 3.05) is 7.11 Å². The molecule has 0 aliphatic rings. The molecule has 0 spiro atoms. The lowest BCUT2D eigenvalue weighted by Crippen LogP contribution is -2.03. The fourth-order valence-electron chi connectivity index (χ4n) is 2.59. The van der Waals surface area contributed by atoms with Crippen molar-refractivity contribution in [3.05, 3.63) is 64.2 Å². The molecule has 2 nitrogen and oxygen atoms in total. The number of aliphatic hydroxyl groups excluding tert-OH is 1. The highest BCUT2D eigenvalue weighted by Crippen LogP contribution is 2.25. The first kappa shape index (κ1) is 15.6. The van der Waals surface area contributed by atoms with E-state index in [2.05, 4.69) is 45.0 Å². The first-order valence-corrected chi connectivity index (χ1v) is 7.40. The molecule has 2 rings (SSSR count). The predicted octanol–water partition coefficient (Wildman–Crippen LogP) is 4.29. The standard InChI is InChI=1S/C19H24O2/c1-13-11-15(3)18(12-14(13)2)19(20)10-7-16-5-8-17(21-4)9-6-16/h5-6,8-9,11-12,19-20H,7,10H2,1-4H3. The number of hydrogen-bond acceptors (Lipinski definition) is 2. The summed E-state index contributed by atoms with van der Waals surface area (Å²) >= 11 is 0. The van der Waals surface area contributed by atoms with Crippen LogP contribution in [-0.2, 0) is 6.42 Å². The molecule has 0 radical (unpaired) electrons. The van der Waals surface area contributed by atoms with Crippen molar-refractivity contribution in [3.63, 3.8) is 0 Å². The number of hydrogen-bond donors (Lipinski definition) is 1. The Morgan fingerprint density at radius 1 is 0.952 bits per heavy atom. The molecule has 1 atom stereocenters. The maximum absolute atomic E-state index is 10.5. The fourth-order valence-corrected chi connectivity index (χ4v) is 2.59. The van der Waals surface area contributed by atoms with E-state index in [1.807, 2.05) is 12.1 Å². The first-order valence-electron chi connectivity index (χ1n) is 7.40. The second-order valence-corrected chi connectivity index (χ2v) is 5.70. The summed E-state index contributed by atoms with van der Waals surface area (Å²) in [5, 5.41) is 10.5. The smallest absolute Gasteiger partial charge is 0.118 e. The lowest BCUT2D eigenvalue weighted by Gasteiger charge is -2.16. The molecule has 0 bridgehead atoms. The summed E-state index contributed by atoms with van der Waals surface area (Å²) in [6, 6.07) is 12.3. The van der Waals surface area contributed by atoms with Gasteiger partial charge in [-0.3, -0.25) is 0 Å². The van der Waals surface area contributed by atoms with Gasteiger partial charge in [-0.15, -0.1) is 0 Å². The number of rotatable bonds is 5. The summed E-state index contributed by atoms with van der Waals surface area (Å²) in [5.41, 5.74) is 5.95. The molecule has 0 aromatic heterocycles. The van der Waals surface area contributed by atoms with Crippen molar-refractivity contribution in [2.24, 2.45) is 0 Å². The SMILES string of the molecule is COc1ccc(CCC(O)c2cc(C)c(C)cc2C)cc1. The molecular formula is C19H24O2. The van der Waals surface area contributed by atoms with E-state index < -0.39 is 6.10 Å². The normalized spacial score (nSPS) is 12.2. The highest BCUT2D eigenvalue weighted by atomic mass is 16.5. The Balaban J connectivity index is 2.04. The maximum atomic E-state index is 10.5. The van der Waals surface area contributed by atoms with Gasteiger partial charge in [0.2, 0.25) is 0 Å². The number of benzene rings is 2. The van der Waals surface area contributed by atoms with E-state index in [1.54, 1.807) is 7.11 Å². The average Bonchev–Trinajstić information content (AvgIpc) is 2.49.